The van der Waals surface area contributed by atoms with Crippen molar-refractivity contribution in [1.29, 1.82) is 0 Å². The summed E-state index contributed by atoms with van der Waals surface area (Å²) in [6, 6.07) is 1.86. The van der Waals surface area contributed by atoms with Crippen LogP contribution in [0.5, 0.6) is 0 Å². The van der Waals surface area contributed by atoms with Crippen LogP contribution in [0.3, 0.4) is 0 Å². The molecule has 2 heterocycles. The summed E-state index contributed by atoms with van der Waals surface area (Å²) in [5.41, 5.74) is 2.35. The van der Waals surface area contributed by atoms with Gasteiger partial charge in [-0.1, -0.05) is 0 Å². The Morgan fingerprint density at radius 1 is 1.16 bits per heavy atom. The van der Waals surface area contributed by atoms with Gasteiger partial charge in [0.1, 0.15) is 0 Å². The van der Waals surface area contributed by atoms with Gasteiger partial charge in [0, 0.05) is 17.5 Å². The first kappa shape index (κ1) is 18.7. The van der Waals surface area contributed by atoms with Crippen molar-refractivity contribution in [2.24, 2.45) is 0 Å². The van der Waals surface area contributed by atoms with E-state index in [-0.39, 0.29) is 17.7 Å². The van der Waals surface area contributed by atoms with Gasteiger partial charge < -0.3 is 14.5 Å². The minimum Gasteiger partial charge on any atom is -0.462 e. The smallest absolute Gasteiger partial charge is 0.340 e. The van der Waals surface area contributed by atoms with E-state index in [2.05, 4.69) is 4.98 Å². The minimum absolute atomic E-state index is 0.189. The quantitative estimate of drug-likeness (QED) is 0.464. The minimum atomic E-state index is -0.623. The highest BCUT2D eigenvalue weighted by atomic mass is 32.1. The monoisotopic (exact) mass is 361 g/mol. The molecule has 0 saturated heterocycles. The normalized spacial score (nSPS) is 10.8. The van der Waals surface area contributed by atoms with Gasteiger partial charge in [0.15, 0.2) is 6.61 Å². The maximum atomic E-state index is 12.4. The van der Waals surface area contributed by atoms with E-state index < -0.39 is 24.3 Å². The molecule has 0 amide bonds. The molecule has 7 heteroatoms. The molecule has 2 aromatic heterocycles. The molecule has 2 rings (SSSR count). The van der Waals surface area contributed by atoms with Crippen molar-refractivity contribution in [2.75, 3.05) is 13.2 Å². The van der Waals surface area contributed by atoms with Gasteiger partial charge in [-0.15, -0.1) is 0 Å². The zero-order chi connectivity index (χ0) is 18.4. The predicted octanol–water partition coefficient (Wildman–Crippen LogP) is 3.31. The summed E-state index contributed by atoms with van der Waals surface area (Å²) in [5, 5.41) is 3.77. The van der Waals surface area contributed by atoms with E-state index in [1.54, 1.807) is 26.8 Å². The molecular weight excluding hydrogens is 342 g/mol. The Labute approximate surface area is 149 Å². The second-order valence-corrected chi connectivity index (χ2v) is 6.05. The number of nitrogens with one attached hydrogen (secondary N) is 1. The first-order valence-corrected chi connectivity index (χ1v) is 8.64. The molecule has 1 N–H and O–H groups in total. The fraction of sp³-hybridized carbons (Fsp3) is 0.278. The third-order valence-electron chi connectivity index (χ3n) is 3.43. The number of Topliss-reactive ketones (excluding diaryl/α,β-unsaturated/α-hetero) is 1. The Bertz CT molecular complexity index is 802. The molecule has 0 aliphatic rings. The molecule has 0 aromatic carbocycles. The molecule has 132 valence electrons. The lowest BCUT2D eigenvalue weighted by atomic mass is 10.1. The van der Waals surface area contributed by atoms with Crippen LogP contribution >= 0.6 is 11.3 Å². The summed E-state index contributed by atoms with van der Waals surface area (Å²) in [6.07, 6.45) is 2.87. The van der Waals surface area contributed by atoms with Gasteiger partial charge in [-0.3, -0.25) is 4.79 Å². The second-order valence-electron chi connectivity index (χ2n) is 5.27. The van der Waals surface area contributed by atoms with Gasteiger partial charge in [0.05, 0.1) is 17.7 Å². The average molecular weight is 361 g/mol. The lowest BCUT2D eigenvalue weighted by Gasteiger charge is -2.06. The number of rotatable bonds is 7. The number of thiophene rings is 1. The van der Waals surface area contributed by atoms with Crippen LogP contribution < -0.4 is 0 Å². The van der Waals surface area contributed by atoms with Crippen LogP contribution in [0.2, 0.25) is 0 Å². The van der Waals surface area contributed by atoms with E-state index in [0.717, 1.165) is 5.56 Å². The zero-order valence-corrected chi connectivity index (χ0v) is 15.1. The number of aromatic nitrogens is 1. The van der Waals surface area contributed by atoms with E-state index >= 15 is 0 Å². The number of H-pyrrole nitrogens is 1. The van der Waals surface area contributed by atoms with Crippen molar-refractivity contribution in [3.63, 3.8) is 0 Å². The van der Waals surface area contributed by atoms with E-state index in [1.807, 2.05) is 16.8 Å². The average Bonchev–Trinajstić information content (AvgIpc) is 3.18. The lowest BCUT2D eigenvalue weighted by molar-refractivity contribution is -0.136. The van der Waals surface area contributed by atoms with Crippen molar-refractivity contribution < 1.29 is 23.9 Å². The maximum Gasteiger partial charge on any atom is 0.340 e. The first-order valence-electron chi connectivity index (χ1n) is 7.70. The topological polar surface area (TPSA) is 85.5 Å². The number of carbonyl (C=O) groups is 3. The number of hydrogen-bond donors (Lipinski definition) is 1. The van der Waals surface area contributed by atoms with Gasteiger partial charge in [0.2, 0.25) is 5.78 Å². The van der Waals surface area contributed by atoms with Crippen LogP contribution in [0.15, 0.2) is 22.9 Å². The highest BCUT2D eigenvalue weighted by molar-refractivity contribution is 7.08. The summed E-state index contributed by atoms with van der Waals surface area (Å²) < 4.78 is 9.97. The van der Waals surface area contributed by atoms with E-state index in [1.165, 1.54) is 17.4 Å². The number of aromatic amines is 1. The molecule has 0 aliphatic heterocycles. The third kappa shape index (κ3) is 4.67. The summed E-state index contributed by atoms with van der Waals surface area (Å²) in [6.45, 7) is 4.82. The summed E-state index contributed by atoms with van der Waals surface area (Å²) in [4.78, 5) is 39.2. The van der Waals surface area contributed by atoms with Gasteiger partial charge in [-0.2, -0.15) is 11.3 Å². The fourth-order valence-corrected chi connectivity index (χ4v) is 3.01. The molecule has 2 aromatic rings. The van der Waals surface area contributed by atoms with E-state index in [0.29, 0.717) is 11.4 Å². The van der Waals surface area contributed by atoms with Crippen LogP contribution in [0.4, 0.5) is 0 Å². The van der Waals surface area contributed by atoms with Crippen LogP contribution in [0.1, 0.15) is 44.6 Å². The molecule has 0 radical (unpaired) electrons. The Balaban J connectivity index is 2.06. The van der Waals surface area contributed by atoms with Gasteiger partial charge >= 0.3 is 11.9 Å². The van der Waals surface area contributed by atoms with Crippen LogP contribution in [0.25, 0.3) is 6.08 Å². The van der Waals surface area contributed by atoms with E-state index in [9.17, 15) is 14.4 Å². The Hall–Kier alpha value is -2.67. The number of ether oxygens (including phenoxy) is 2. The first-order chi connectivity index (χ1) is 11.9. The zero-order valence-electron chi connectivity index (χ0n) is 14.3. The number of esters is 2. The third-order valence-corrected chi connectivity index (χ3v) is 4.14. The maximum absolute atomic E-state index is 12.4. The molecule has 0 atom stereocenters. The summed E-state index contributed by atoms with van der Waals surface area (Å²) in [7, 11) is 0. The second kappa shape index (κ2) is 8.43. The molecular formula is C18H19NO5S. The standard InChI is InChI=1S/C18H19NO5S/c1-4-23-18(22)17-12(3)19-11(2)16(17)14(20)9-24-15(21)6-5-13-7-8-25-10-13/h5-8,10,19H,4,9H2,1-3H3/b6-5+. The SMILES string of the molecule is CCOC(=O)c1c(C)[nH]c(C)c1C(=O)COC(=O)/C=C/c1ccsc1. The number of ketones is 1. The van der Waals surface area contributed by atoms with Gasteiger partial charge in [-0.05, 0) is 49.2 Å². The highest BCUT2D eigenvalue weighted by Crippen LogP contribution is 2.20. The number of carbonyl (C=O) groups excluding carboxylic acids is 3. The molecule has 0 aliphatic carbocycles. The van der Waals surface area contributed by atoms with Crippen molar-refractivity contribution in [2.45, 2.75) is 20.8 Å². The lowest BCUT2D eigenvalue weighted by Crippen LogP contribution is -2.17. The number of hydrogen-bond acceptors (Lipinski definition) is 6. The van der Waals surface area contributed by atoms with Crippen LogP contribution in [-0.2, 0) is 14.3 Å². The van der Waals surface area contributed by atoms with E-state index in [4.69, 9.17) is 9.47 Å². The molecule has 0 spiro atoms. The molecule has 0 saturated carbocycles. The van der Waals surface area contributed by atoms with Gasteiger partial charge in [0.25, 0.3) is 0 Å². The van der Waals surface area contributed by atoms with Crippen molar-refractivity contribution in [3.05, 3.63) is 51.0 Å². The summed E-state index contributed by atoms with van der Waals surface area (Å²) >= 11 is 1.51. The molecule has 0 fully saturated rings. The molecule has 0 unspecified atom stereocenters. The van der Waals surface area contributed by atoms with Crippen LogP contribution in [-0.4, -0.2) is 35.9 Å². The van der Waals surface area contributed by atoms with Crippen molar-refractivity contribution in [1.82, 2.24) is 4.98 Å². The molecule has 6 nitrogen and oxygen atoms in total. The van der Waals surface area contributed by atoms with Crippen LogP contribution in [0, 0.1) is 13.8 Å². The molecule has 25 heavy (non-hydrogen) atoms. The van der Waals surface area contributed by atoms with Crippen molar-refractivity contribution >= 4 is 35.1 Å². The van der Waals surface area contributed by atoms with Gasteiger partial charge in [-0.25, -0.2) is 9.59 Å². The fourth-order valence-electron chi connectivity index (χ4n) is 2.38. The highest BCUT2D eigenvalue weighted by Gasteiger charge is 2.25. The number of aryl methyl sites for hydroxylation is 2. The predicted molar refractivity (Wildman–Crippen MR) is 94.9 cm³/mol. The Morgan fingerprint density at radius 2 is 1.88 bits per heavy atom. The molecule has 0 bridgehead atoms. The van der Waals surface area contributed by atoms with Crippen molar-refractivity contribution in [3.8, 4) is 0 Å². The Kier molecular flexibility index (Phi) is 6.30. The summed E-state index contributed by atoms with van der Waals surface area (Å²) in [5.74, 6) is -1.65. The largest absolute Gasteiger partial charge is 0.462 e. The Morgan fingerprint density at radius 3 is 2.52 bits per heavy atom.